The molecule has 0 saturated carbocycles. The minimum absolute atomic E-state index is 0.00254. The Morgan fingerprint density at radius 1 is 1.14 bits per heavy atom. The van der Waals surface area contributed by atoms with Crippen molar-refractivity contribution >= 4 is 29.3 Å². The first-order valence-electron chi connectivity index (χ1n) is 8.22. The number of halogens is 3. The second kappa shape index (κ2) is 7.76. The average molecular weight is 423 g/mol. The van der Waals surface area contributed by atoms with Crippen LogP contribution in [0.15, 0.2) is 47.6 Å². The van der Waals surface area contributed by atoms with Crippen molar-refractivity contribution in [3.63, 3.8) is 0 Å². The third-order valence-electron chi connectivity index (χ3n) is 4.06. The number of hydrogen-bond acceptors (Lipinski definition) is 5. The predicted octanol–water partition coefficient (Wildman–Crippen LogP) is 3.56. The summed E-state index contributed by atoms with van der Waals surface area (Å²) in [6.45, 7) is -0.287. The second-order valence-electron chi connectivity index (χ2n) is 5.90. The molecule has 0 fully saturated rings. The first kappa shape index (κ1) is 18.7. The van der Waals surface area contributed by atoms with E-state index in [9.17, 15) is 13.6 Å². The Bertz CT molecular complexity index is 1030. The van der Waals surface area contributed by atoms with E-state index in [0.717, 1.165) is 12.1 Å². The van der Waals surface area contributed by atoms with Crippen molar-refractivity contribution in [1.29, 1.82) is 0 Å². The van der Waals surface area contributed by atoms with Gasteiger partial charge in [-0.1, -0.05) is 35.5 Å². The van der Waals surface area contributed by atoms with E-state index in [0.29, 0.717) is 21.8 Å². The molecule has 144 valence electrons. The molecule has 0 atom stereocenters. The highest BCUT2D eigenvalue weighted by atomic mass is 35.5. The Morgan fingerprint density at radius 3 is 2.64 bits per heavy atom. The number of fused-ring (bicyclic) bond motifs is 1. The normalized spacial score (nSPS) is 13.5. The lowest BCUT2D eigenvalue weighted by Gasteiger charge is -2.29. The number of amides is 1. The van der Waals surface area contributed by atoms with Crippen LogP contribution in [0.2, 0.25) is 5.02 Å². The number of rotatable bonds is 5. The van der Waals surface area contributed by atoms with Crippen molar-refractivity contribution in [2.24, 2.45) is 0 Å². The molecule has 3 aromatic rings. The van der Waals surface area contributed by atoms with Crippen molar-refractivity contribution in [3.05, 3.63) is 70.5 Å². The van der Waals surface area contributed by atoms with Crippen LogP contribution in [0.25, 0.3) is 0 Å². The lowest BCUT2D eigenvalue weighted by atomic mass is 10.2. The molecule has 1 aliphatic rings. The van der Waals surface area contributed by atoms with E-state index in [1.807, 2.05) is 0 Å². The number of ether oxygens (including phenoxy) is 1. The fourth-order valence-corrected chi connectivity index (χ4v) is 3.73. The Hall–Kier alpha value is -2.65. The molecular formula is C18H13ClF2N4O2S. The van der Waals surface area contributed by atoms with E-state index >= 15 is 0 Å². The van der Waals surface area contributed by atoms with Gasteiger partial charge in [0.2, 0.25) is 5.16 Å². The lowest BCUT2D eigenvalue weighted by molar-refractivity contribution is -0.118. The standard InChI is InChI=1S/C18H13ClF2N4O2S/c19-11-3-1-4-12(7-11)27-9-16-22-23-18-25(16)24(17(26)10-28-18)8-13-14(20)5-2-6-15(13)21/h1-7H,8-10H2. The molecule has 6 nitrogen and oxygen atoms in total. The van der Waals surface area contributed by atoms with Gasteiger partial charge in [-0.15, -0.1) is 10.2 Å². The van der Waals surface area contributed by atoms with Crippen LogP contribution in [0, 0.1) is 11.6 Å². The highest BCUT2D eigenvalue weighted by Gasteiger charge is 2.30. The van der Waals surface area contributed by atoms with E-state index in [4.69, 9.17) is 16.3 Å². The number of thioether (sulfide) groups is 1. The average Bonchev–Trinajstić information content (AvgIpc) is 3.08. The van der Waals surface area contributed by atoms with Crippen LogP contribution < -0.4 is 9.75 Å². The Labute approximate surface area is 168 Å². The smallest absolute Gasteiger partial charge is 0.252 e. The van der Waals surface area contributed by atoms with Crippen LogP contribution in [-0.4, -0.2) is 26.5 Å². The van der Waals surface area contributed by atoms with Gasteiger partial charge in [-0.05, 0) is 30.3 Å². The van der Waals surface area contributed by atoms with Gasteiger partial charge in [0.05, 0.1) is 12.3 Å². The largest absolute Gasteiger partial charge is 0.485 e. The zero-order valence-electron chi connectivity index (χ0n) is 14.3. The predicted molar refractivity (Wildman–Crippen MR) is 99.8 cm³/mol. The van der Waals surface area contributed by atoms with Crippen molar-refractivity contribution < 1.29 is 18.3 Å². The van der Waals surface area contributed by atoms with Gasteiger partial charge in [-0.25, -0.2) is 18.5 Å². The summed E-state index contributed by atoms with van der Waals surface area (Å²) in [6, 6.07) is 10.4. The summed E-state index contributed by atoms with van der Waals surface area (Å²) in [7, 11) is 0. The van der Waals surface area contributed by atoms with E-state index < -0.39 is 11.6 Å². The van der Waals surface area contributed by atoms with Crippen LogP contribution in [-0.2, 0) is 17.9 Å². The third-order valence-corrected chi connectivity index (χ3v) is 5.20. The van der Waals surface area contributed by atoms with Crippen LogP contribution in [0.4, 0.5) is 8.78 Å². The number of aromatic nitrogens is 3. The number of benzene rings is 2. The zero-order valence-corrected chi connectivity index (χ0v) is 15.9. The molecule has 28 heavy (non-hydrogen) atoms. The maximum absolute atomic E-state index is 14.1. The van der Waals surface area contributed by atoms with Gasteiger partial charge in [-0.3, -0.25) is 4.79 Å². The molecule has 0 saturated heterocycles. The van der Waals surface area contributed by atoms with Crippen molar-refractivity contribution in [3.8, 4) is 5.75 Å². The monoisotopic (exact) mass is 422 g/mol. The molecule has 2 heterocycles. The molecule has 0 unspecified atom stereocenters. The highest BCUT2D eigenvalue weighted by Crippen LogP contribution is 2.26. The maximum atomic E-state index is 14.1. The number of nitrogens with zero attached hydrogens (tertiary/aromatic N) is 4. The lowest BCUT2D eigenvalue weighted by Crippen LogP contribution is -2.45. The number of carbonyl (C=O) groups excluding carboxylic acids is 1. The van der Waals surface area contributed by atoms with Crippen molar-refractivity contribution in [1.82, 2.24) is 14.9 Å². The van der Waals surface area contributed by atoms with Crippen LogP contribution in [0.1, 0.15) is 11.4 Å². The Morgan fingerprint density at radius 2 is 1.89 bits per heavy atom. The number of carbonyl (C=O) groups is 1. The molecule has 4 rings (SSSR count). The summed E-state index contributed by atoms with van der Waals surface area (Å²) in [4.78, 5) is 12.5. The molecule has 0 N–H and O–H groups in total. The van der Waals surface area contributed by atoms with Crippen LogP contribution >= 0.6 is 23.4 Å². The topological polar surface area (TPSA) is 60.2 Å². The van der Waals surface area contributed by atoms with E-state index in [1.54, 1.807) is 24.3 Å². The molecule has 0 bridgehead atoms. The second-order valence-corrected chi connectivity index (χ2v) is 7.28. The molecule has 10 heteroatoms. The summed E-state index contributed by atoms with van der Waals surface area (Å²) in [6.07, 6.45) is 0. The van der Waals surface area contributed by atoms with Gasteiger partial charge < -0.3 is 4.74 Å². The van der Waals surface area contributed by atoms with E-state index in [1.165, 1.54) is 27.5 Å². The Kier molecular flexibility index (Phi) is 5.19. The molecule has 0 radical (unpaired) electrons. The van der Waals surface area contributed by atoms with Gasteiger partial charge in [-0.2, -0.15) is 0 Å². The molecule has 0 spiro atoms. The summed E-state index contributed by atoms with van der Waals surface area (Å²) in [5.74, 6) is -0.819. The SMILES string of the molecule is O=C1CSc2nnc(COc3cccc(Cl)c3)n2N1Cc1c(F)cccc1F. The van der Waals surface area contributed by atoms with Crippen molar-refractivity contribution in [2.75, 3.05) is 10.8 Å². The molecule has 1 amide bonds. The van der Waals surface area contributed by atoms with Gasteiger partial charge in [0.25, 0.3) is 5.91 Å². The van der Waals surface area contributed by atoms with E-state index in [-0.39, 0.29) is 30.4 Å². The minimum atomic E-state index is -0.725. The first-order chi connectivity index (χ1) is 13.5. The molecule has 0 aliphatic carbocycles. The summed E-state index contributed by atoms with van der Waals surface area (Å²) in [5, 5.41) is 10.3. The number of hydrogen-bond donors (Lipinski definition) is 0. The van der Waals surface area contributed by atoms with Crippen LogP contribution in [0.3, 0.4) is 0 Å². The van der Waals surface area contributed by atoms with Gasteiger partial charge >= 0.3 is 0 Å². The highest BCUT2D eigenvalue weighted by molar-refractivity contribution is 7.99. The first-order valence-corrected chi connectivity index (χ1v) is 9.58. The summed E-state index contributed by atoms with van der Waals surface area (Å²) in [5.41, 5.74) is -0.205. The van der Waals surface area contributed by atoms with Crippen molar-refractivity contribution in [2.45, 2.75) is 18.3 Å². The summed E-state index contributed by atoms with van der Waals surface area (Å²) >= 11 is 7.14. The molecule has 1 aliphatic heterocycles. The zero-order chi connectivity index (χ0) is 19.7. The fraction of sp³-hybridized carbons (Fsp3) is 0.167. The summed E-state index contributed by atoms with van der Waals surface area (Å²) < 4.78 is 35.3. The molecular weight excluding hydrogens is 410 g/mol. The van der Waals surface area contributed by atoms with E-state index in [2.05, 4.69) is 10.2 Å². The quantitative estimate of drug-likeness (QED) is 0.629. The third kappa shape index (κ3) is 3.67. The van der Waals surface area contributed by atoms with Gasteiger partial charge in [0, 0.05) is 10.6 Å². The van der Waals surface area contributed by atoms with Gasteiger partial charge in [0.15, 0.2) is 5.82 Å². The van der Waals surface area contributed by atoms with Gasteiger partial charge in [0.1, 0.15) is 24.0 Å². The molecule has 2 aromatic carbocycles. The fourth-order valence-electron chi connectivity index (χ4n) is 2.73. The van der Waals surface area contributed by atoms with Crippen LogP contribution in [0.5, 0.6) is 5.75 Å². The molecule has 1 aromatic heterocycles. The Balaban J connectivity index is 1.62. The minimum Gasteiger partial charge on any atom is -0.485 e. The maximum Gasteiger partial charge on any atom is 0.252 e.